The molecule has 1 aromatic carbocycles. The Hall–Kier alpha value is -1.75. The van der Waals surface area contributed by atoms with Crippen LogP contribution in [0.25, 0.3) is 0 Å². The van der Waals surface area contributed by atoms with Gasteiger partial charge in [0.15, 0.2) is 0 Å². The molecule has 1 aromatic rings. The Balaban J connectivity index is 2.42. The minimum absolute atomic E-state index is 0.193. The molecule has 112 valence electrons. The molecule has 0 fully saturated rings. The zero-order valence-electron chi connectivity index (χ0n) is 12.3. The van der Waals surface area contributed by atoms with Crippen molar-refractivity contribution >= 4 is 11.7 Å². The third-order valence-electron chi connectivity index (χ3n) is 2.93. The van der Waals surface area contributed by atoms with Gasteiger partial charge in [0.05, 0.1) is 18.4 Å². The summed E-state index contributed by atoms with van der Waals surface area (Å²) in [7, 11) is 0. The lowest BCUT2D eigenvalue weighted by atomic mass is 10.0. The Morgan fingerprint density at radius 3 is 2.70 bits per heavy atom. The molecule has 5 nitrogen and oxygen atoms in total. The summed E-state index contributed by atoms with van der Waals surface area (Å²) in [6.45, 7) is 6.76. The third kappa shape index (κ3) is 5.48. The highest BCUT2D eigenvalue weighted by molar-refractivity contribution is 5.90. The zero-order valence-corrected chi connectivity index (χ0v) is 12.3. The van der Waals surface area contributed by atoms with Gasteiger partial charge in [0.2, 0.25) is 0 Å². The molecule has 0 aliphatic carbocycles. The van der Waals surface area contributed by atoms with Gasteiger partial charge in [-0.15, -0.1) is 0 Å². The van der Waals surface area contributed by atoms with Crippen molar-refractivity contribution in [2.75, 3.05) is 18.5 Å². The Morgan fingerprint density at radius 1 is 1.35 bits per heavy atom. The van der Waals surface area contributed by atoms with Crippen LogP contribution in [0, 0.1) is 5.92 Å². The number of hydrogen-bond donors (Lipinski definition) is 3. The smallest absolute Gasteiger partial charge is 0.319 e. The fourth-order valence-electron chi connectivity index (χ4n) is 1.68. The maximum absolute atomic E-state index is 11.8. The molecule has 1 unspecified atom stereocenters. The SMILES string of the molecule is CCOc1ccccc1NC(=O)NCCC(O)C(C)C. The van der Waals surface area contributed by atoms with Gasteiger partial charge < -0.3 is 20.5 Å². The van der Waals surface area contributed by atoms with Crippen LogP contribution in [0.4, 0.5) is 10.5 Å². The number of urea groups is 1. The van der Waals surface area contributed by atoms with Gasteiger partial charge in [-0.3, -0.25) is 0 Å². The van der Waals surface area contributed by atoms with E-state index in [1.165, 1.54) is 0 Å². The molecule has 0 aliphatic rings. The van der Waals surface area contributed by atoms with Crippen LogP contribution in [0.2, 0.25) is 0 Å². The summed E-state index contributed by atoms with van der Waals surface area (Å²) in [5, 5.41) is 15.1. The van der Waals surface area contributed by atoms with E-state index < -0.39 is 6.10 Å². The summed E-state index contributed by atoms with van der Waals surface area (Å²) in [5.74, 6) is 0.839. The van der Waals surface area contributed by atoms with E-state index in [0.717, 1.165) is 0 Å². The van der Waals surface area contributed by atoms with Crippen molar-refractivity contribution in [2.24, 2.45) is 5.92 Å². The third-order valence-corrected chi connectivity index (χ3v) is 2.93. The number of nitrogens with one attached hydrogen (secondary N) is 2. The number of para-hydroxylation sites is 2. The highest BCUT2D eigenvalue weighted by Crippen LogP contribution is 2.23. The molecule has 3 N–H and O–H groups in total. The van der Waals surface area contributed by atoms with E-state index in [0.29, 0.717) is 31.0 Å². The van der Waals surface area contributed by atoms with E-state index in [-0.39, 0.29) is 11.9 Å². The molecule has 2 amide bonds. The second-order valence-electron chi connectivity index (χ2n) is 4.91. The van der Waals surface area contributed by atoms with Crippen molar-refractivity contribution in [1.29, 1.82) is 0 Å². The summed E-state index contributed by atoms with van der Waals surface area (Å²) >= 11 is 0. The second kappa shape index (κ2) is 8.43. The Bertz CT molecular complexity index is 421. The predicted octanol–water partition coefficient (Wildman–Crippen LogP) is 2.61. The van der Waals surface area contributed by atoms with Crippen molar-refractivity contribution < 1.29 is 14.6 Å². The molecule has 20 heavy (non-hydrogen) atoms. The molecule has 5 heteroatoms. The predicted molar refractivity (Wildman–Crippen MR) is 80.1 cm³/mol. The maximum atomic E-state index is 11.8. The van der Waals surface area contributed by atoms with Gasteiger partial charge in [-0.05, 0) is 31.4 Å². The van der Waals surface area contributed by atoms with E-state index in [1.807, 2.05) is 39.0 Å². The number of carbonyl (C=O) groups is 1. The van der Waals surface area contributed by atoms with Crippen LogP contribution in [0.15, 0.2) is 24.3 Å². The topological polar surface area (TPSA) is 70.6 Å². The average Bonchev–Trinajstić information content (AvgIpc) is 2.41. The normalized spacial score (nSPS) is 12.1. The minimum Gasteiger partial charge on any atom is -0.492 e. The first-order chi connectivity index (χ1) is 9.54. The van der Waals surface area contributed by atoms with Crippen LogP contribution in [-0.2, 0) is 0 Å². The molecule has 0 radical (unpaired) electrons. The monoisotopic (exact) mass is 280 g/mol. The second-order valence-corrected chi connectivity index (χ2v) is 4.91. The number of anilines is 1. The molecule has 0 bridgehead atoms. The van der Waals surface area contributed by atoms with E-state index >= 15 is 0 Å². The highest BCUT2D eigenvalue weighted by atomic mass is 16.5. The van der Waals surface area contributed by atoms with Crippen LogP contribution < -0.4 is 15.4 Å². The van der Waals surface area contributed by atoms with Crippen LogP contribution in [-0.4, -0.2) is 30.4 Å². The van der Waals surface area contributed by atoms with Crippen LogP contribution in [0.5, 0.6) is 5.75 Å². The Labute approximate surface area is 120 Å². The molecule has 0 heterocycles. The number of hydrogen-bond acceptors (Lipinski definition) is 3. The minimum atomic E-state index is -0.397. The number of carbonyl (C=O) groups excluding carboxylic acids is 1. The van der Waals surface area contributed by atoms with Crippen molar-refractivity contribution in [3.8, 4) is 5.75 Å². The standard InChI is InChI=1S/C15H24N2O3/c1-4-20-14-8-6-5-7-12(14)17-15(19)16-10-9-13(18)11(2)3/h5-8,11,13,18H,4,9-10H2,1-3H3,(H2,16,17,19). The average molecular weight is 280 g/mol. The van der Waals surface area contributed by atoms with Crippen LogP contribution >= 0.6 is 0 Å². The number of aliphatic hydroxyl groups excluding tert-OH is 1. The first-order valence-electron chi connectivity index (χ1n) is 6.99. The number of rotatable bonds is 7. The highest BCUT2D eigenvalue weighted by Gasteiger charge is 2.10. The number of benzene rings is 1. The van der Waals surface area contributed by atoms with Gasteiger partial charge in [-0.2, -0.15) is 0 Å². The van der Waals surface area contributed by atoms with Crippen molar-refractivity contribution in [3.63, 3.8) is 0 Å². The van der Waals surface area contributed by atoms with E-state index in [1.54, 1.807) is 6.07 Å². The van der Waals surface area contributed by atoms with Gasteiger partial charge in [0.25, 0.3) is 0 Å². The molecular formula is C15H24N2O3. The van der Waals surface area contributed by atoms with Gasteiger partial charge >= 0.3 is 6.03 Å². The molecule has 0 aromatic heterocycles. The summed E-state index contributed by atoms with van der Waals surface area (Å²) in [6, 6.07) is 6.98. The van der Waals surface area contributed by atoms with E-state index in [4.69, 9.17) is 4.74 Å². The molecule has 0 aliphatic heterocycles. The Kier molecular flexibility index (Phi) is 6.87. The molecule has 0 saturated carbocycles. The van der Waals surface area contributed by atoms with Gasteiger partial charge in [0, 0.05) is 6.54 Å². The van der Waals surface area contributed by atoms with Crippen LogP contribution in [0.1, 0.15) is 27.2 Å². The quantitative estimate of drug-likeness (QED) is 0.719. The zero-order chi connectivity index (χ0) is 15.0. The van der Waals surface area contributed by atoms with E-state index in [2.05, 4.69) is 10.6 Å². The molecule has 1 rings (SSSR count). The Morgan fingerprint density at radius 2 is 2.05 bits per heavy atom. The maximum Gasteiger partial charge on any atom is 0.319 e. The molecule has 1 atom stereocenters. The summed E-state index contributed by atoms with van der Waals surface area (Å²) in [6.07, 6.45) is 0.143. The summed E-state index contributed by atoms with van der Waals surface area (Å²) in [4.78, 5) is 11.8. The lowest BCUT2D eigenvalue weighted by Crippen LogP contribution is -2.32. The number of ether oxygens (including phenoxy) is 1. The summed E-state index contributed by atoms with van der Waals surface area (Å²) in [5.41, 5.74) is 0.635. The fourth-order valence-corrected chi connectivity index (χ4v) is 1.68. The fraction of sp³-hybridized carbons (Fsp3) is 0.533. The molecule has 0 saturated heterocycles. The number of aliphatic hydroxyl groups is 1. The van der Waals surface area contributed by atoms with Gasteiger partial charge in [-0.25, -0.2) is 4.79 Å². The summed E-state index contributed by atoms with van der Waals surface area (Å²) < 4.78 is 5.43. The van der Waals surface area contributed by atoms with Crippen molar-refractivity contribution in [2.45, 2.75) is 33.3 Å². The van der Waals surface area contributed by atoms with Crippen molar-refractivity contribution in [1.82, 2.24) is 5.32 Å². The molecular weight excluding hydrogens is 256 g/mol. The lowest BCUT2D eigenvalue weighted by molar-refractivity contribution is 0.117. The van der Waals surface area contributed by atoms with Crippen LogP contribution in [0.3, 0.4) is 0 Å². The number of amides is 2. The first-order valence-corrected chi connectivity index (χ1v) is 6.99. The van der Waals surface area contributed by atoms with Gasteiger partial charge in [-0.1, -0.05) is 26.0 Å². The lowest BCUT2D eigenvalue weighted by Gasteiger charge is -2.15. The largest absolute Gasteiger partial charge is 0.492 e. The van der Waals surface area contributed by atoms with Gasteiger partial charge in [0.1, 0.15) is 5.75 Å². The van der Waals surface area contributed by atoms with Crippen molar-refractivity contribution in [3.05, 3.63) is 24.3 Å². The first kappa shape index (κ1) is 16.3. The molecule has 0 spiro atoms. The van der Waals surface area contributed by atoms with E-state index in [9.17, 15) is 9.90 Å².